The summed E-state index contributed by atoms with van der Waals surface area (Å²) in [5.74, 6) is -0.859. The molecule has 0 radical (unpaired) electrons. The Morgan fingerprint density at radius 3 is 0.889 bits per heavy atom. The van der Waals surface area contributed by atoms with Gasteiger partial charge in [0.2, 0.25) is 0 Å². The number of hydrogen-bond donors (Lipinski definition) is 0. The van der Waals surface area contributed by atoms with Crippen LogP contribution in [0.1, 0.15) is 50.1 Å². The summed E-state index contributed by atoms with van der Waals surface area (Å²) in [6.07, 6.45) is -13.0. The van der Waals surface area contributed by atoms with E-state index in [0.717, 1.165) is 41.4 Å². The van der Waals surface area contributed by atoms with Crippen molar-refractivity contribution in [3.8, 4) is 0 Å². The maximum Gasteiger partial charge on any atom is 0.416 e. The largest absolute Gasteiger partial charge is 0.416 e. The lowest BCUT2D eigenvalue weighted by atomic mass is 10.1. The molecule has 0 spiro atoms. The smallest absolute Gasteiger partial charge is 0.207 e. The number of benzene rings is 4. The highest BCUT2D eigenvalue weighted by atomic mass is 35.5. The summed E-state index contributed by atoms with van der Waals surface area (Å²) in [6.45, 7) is 10.4. The minimum Gasteiger partial charge on any atom is -0.207 e. The van der Waals surface area contributed by atoms with Crippen LogP contribution in [0.3, 0.4) is 0 Å². The molecule has 45 heavy (non-hydrogen) atoms. The second-order valence-electron chi connectivity index (χ2n) is 10.2. The Bertz CT molecular complexity index is 1300. The molecule has 4 aromatic carbocycles. The fourth-order valence-corrected chi connectivity index (χ4v) is 4.49. The van der Waals surface area contributed by atoms with Gasteiger partial charge in [-0.3, -0.25) is 0 Å². The minimum absolute atomic E-state index is 0.113. The average Bonchev–Trinajstić information content (AvgIpc) is 2.81. The fourth-order valence-electron chi connectivity index (χ4n) is 3.86. The summed E-state index contributed by atoms with van der Waals surface area (Å²) >= 11 is 11.2. The van der Waals surface area contributed by atoms with Crippen molar-refractivity contribution in [2.24, 2.45) is 0 Å². The number of alkyl halides is 9. The van der Waals surface area contributed by atoms with Crippen molar-refractivity contribution in [3.05, 3.63) is 139 Å². The van der Waals surface area contributed by atoms with E-state index >= 15 is 0 Å². The van der Waals surface area contributed by atoms with Crippen LogP contribution in [0.15, 0.2) is 72.8 Å². The first-order chi connectivity index (χ1) is 20.4. The van der Waals surface area contributed by atoms with Crippen molar-refractivity contribution in [3.63, 3.8) is 0 Å². The summed E-state index contributed by atoms with van der Waals surface area (Å²) in [7, 11) is 0. The van der Waals surface area contributed by atoms with Crippen LogP contribution in [-0.2, 0) is 18.5 Å². The first-order valence-corrected chi connectivity index (χ1v) is 13.7. The molecule has 0 aliphatic carbocycles. The Kier molecular flexibility index (Phi) is 14.5. The van der Waals surface area contributed by atoms with Gasteiger partial charge in [0.15, 0.2) is 0 Å². The minimum atomic E-state index is -4.47. The highest BCUT2D eigenvalue weighted by Crippen LogP contribution is 2.32. The number of aryl methyl sites for hydroxylation is 6. The molecule has 0 unspecified atom stereocenters. The molecule has 0 N–H and O–H groups in total. The summed E-state index contributed by atoms with van der Waals surface area (Å²) in [5, 5.41) is 0.940. The summed E-state index contributed by atoms with van der Waals surface area (Å²) in [6, 6.07) is 15.9. The van der Waals surface area contributed by atoms with Gasteiger partial charge >= 0.3 is 18.5 Å². The van der Waals surface area contributed by atoms with Gasteiger partial charge in [0, 0.05) is 10.0 Å². The lowest BCUT2D eigenvalue weighted by Crippen LogP contribution is -2.05. The zero-order valence-corrected chi connectivity index (χ0v) is 26.5. The van der Waals surface area contributed by atoms with E-state index in [1.54, 1.807) is 26.8 Å². The maximum atomic E-state index is 12.5. The van der Waals surface area contributed by atoms with Crippen LogP contribution < -0.4 is 0 Å². The average molecular weight is 687 g/mol. The monoisotopic (exact) mass is 686 g/mol. The van der Waals surface area contributed by atoms with Crippen molar-refractivity contribution in [1.29, 1.82) is 0 Å². The molecular weight excluding hydrogens is 657 g/mol. The lowest BCUT2D eigenvalue weighted by molar-refractivity contribution is -0.138. The predicted molar refractivity (Wildman–Crippen MR) is 159 cm³/mol. The third kappa shape index (κ3) is 15.5. The molecule has 0 nitrogen and oxygen atoms in total. The summed E-state index contributed by atoms with van der Waals surface area (Å²) < 4.78 is 121. The molecule has 0 fully saturated rings. The molecule has 0 aromatic heterocycles. The molecule has 0 bridgehead atoms. The van der Waals surface area contributed by atoms with E-state index in [2.05, 4.69) is 6.07 Å². The Morgan fingerprint density at radius 2 is 0.600 bits per heavy atom. The quantitative estimate of drug-likeness (QED) is 0.162. The Morgan fingerprint density at radius 1 is 0.356 bits per heavy atom. The molecule has 4 rings (SSSR count). The maximum absolute atomic E-state index is 12.5. The predicted octanol–water partition coefficient (Wildman–Crippen LogP) is 13.1. The van der Waals surface area contributed by atoms with Crippen molar-refractivity contribution in [2.75, 3.05) is 0 Å². The van der Waals surface area contributed by atoms with Crippen LogP contribution in [0.5, 0.6) is 0 Å². The van der Waals surface area contributed by atoms with Gasteiger partial charge in [-0.05, 0) is 124 Å². The molecule has 0 saturated carbocycles. The van der Waals surface area contributed by atoms with Crippen LogP contribution in [-0.4, -0.2) is 0 Å². The molecule has 4 aromatic rings. The molecule has 0 saturated heterocycles. The van der Waals surface area contributed by atoms with Crippen molar-refractivity contribution in [2.45, 2.75) is 60.1 Å². The first-order valence-electron chi connectivity index (χ1n) is 12.9. The topological polar surface area (TPSA) is 0 Å². The third-order valence-corrected chi connectivity index (χ3v) is 5.91. The molecular formula is C33H30Cl2F10. The van der Waals surface area contributed by atoms with Crippen molar-refractivity contribution < 1.29 is 43.9 Å². The molecule has 0 heterocycles. The Balaban J connectivity index is 0.000000302. The summed E-state index contributed by atoms with van der Waals surface area (Å²) in [5.41, 5.74) is 2.29. The van der Waals surface area contributed by atoms with Gasteiger partial charge in [0.1, 0.15) is 5.82 Å². The number of rotatable bonds is 0. The van der Waals surface area contributed by atoms with Crippen LogP contribution in [0.4, 0.5) is 43.9 Å². The molecule has 0 amide bonds. The second-order valence-corrected chi connectivity index (χ2v) is 11.1. The van der Waals surface area contributed by atoms with E-state index in [1.807, 2.05) is 26.0 Å². The normalized spacial score (nSPS) is 11.3. The number of halogens is 12. The Hall–Kier alpha value is -3.24. The van der Waals surface area contributed by atoms with E-state index in [4.69, 9.17) is 23.2 Å². The van der Waals surface area contributed by atoms with Gasteiger partial charge in [-0.1, -0.05) is 46.5 Å². The van der Waals surface area contributed by atoms with Crippen LogP contribution in [0.25, 0.3) is 0 Å². The molecule has 246 valence electrons. The van der Waals surface area contributed by atoms with E-state index in [9.17, 15) is 43.9 Å². The van der Waals surface area contributed by atoms with Gasteiger partial charge in [-0.2, -0.15) is 39.5 Å². The molecule has 12 heteroatoms. The van der Waals surface area contributed by atoms with E-state index < -0.39 is 41.0 Å². The SMILES string of the molecule is Cc1cc(C)cc(C(F)(F)F)c1.Cc1cc(C)cc(Cl)c1.Cc1cc(Cl)cc(C(F)(F)F)c1.Cc1cc(F)cc(C(F)(F)F)c1. The first kappa shape index (κ1) is 39.8. The van der Waals surface area contributed by atoms with E-state index in [-0.39, 0.29) is 10.6 Å². The van der Waals surface area contributed by atoms with Gasteiger partial charge in [0.05, 0.1) is 16.7 Å². The fraction of sp³-hybridized carbons (Fsp3) is 0.273. The van der Waals surface area contributed by atoms with Gasteiger partial charge < -0.3 is 0 Å². The summed E-state index contributed by atoms with van der Waals surface area (Å²) in [4.78, 5) is 0. The second kappa shape index (κ2) is 16.4. The Labute approximate surface area is 265 Å². The van der Waals surface area contributed by atoms with Gasteiger partial charge in [0.25, 0.3) is 0 Å². The zero-order valence-electron chi connectivity index (χ0n) is 25.0. The lowest BCUT2D eigenvalue weighted by Gasteiger charge is -2.08. The van der Waals surface area contributed by atoms with Crippen LogP contribution >= 0.6 is 23.2 Å². The molecule has 0 aliphatic rings. The highest BCUT2D eigenvalue weighted by molar-refractivity contribution is 6.31. The highest BCUT2D eigenvalue weighted by Gasteiger charge is 2.32. The van der Waals surface area contributed by atoms with E-state index in [1.165, 1.54) is 24.1 Å². The van der Waals surface area contributed by atoms with Gasteiger partial charge in [-0.15, -0.1) is 0 Å². The van der Waals surface area contributed by atoms with Gasteiger partial charge in [-0.25, -0.2) is 4.39 Å². The molecule has 0 aliphatic heterocycles. The van der Waals surface area contributed by atoms with Crippen molar-refractivity contribution >= 4 is 23.2 Å². The zero-order chi connectivity index (χ0) is 34.9. The molecule has 0 atom stereocenters. The third-order valence-electron chi connectivity index (χ3n) is 5.47. The van der Waals surface area contributed by atoms with E-state index in [0.29, 0.717) is 22.8 Å². The van der Waals surface area contributed by atoms with Crippen LogP contribution in [0.2, 0.25) is 10.0 Å². The van der Waals surface area contributed by atoms with Crippen LogP contribution in [0, 0.1) is 47.4 Å². The van der Waals surface area contributed by atoms with Crippen molar-refractivity contribution in [1.82, 2.24) is 0 Å². The number of hydrogen-bond acceptors (Lipinski definition) is 0. The standard InChI is InChI=1S/C9H9F3.C8H6ClF3.C8H9Cl.C8H6F4/c1-6-3-7(2)5-8(4-6)9(10,11)12;1-5-2-6(8(10,11)12)4-7(9)3-5;1-6-3-7(2)5-8(9)4-6;1-5-2-6(8(10,11)12)4-7(9)3-5/h3-5H,1-2H3;2-4H,1H3;3-5H,1-2H3;2-4H,1H3.